The molecule has 6 nitrogen and oxygen atoms in total. The summed E-state index contributed by atoms with van der Waals surface area (Å²) in [6.45, 7) is 0.425. The molecule has 20 heavy (non-hydrogen) atoms. The fraction of sp³-hybridized carbons (Fsp3) is 0.286. The van der Waals surface area contributed by atoms with Crippen LogP contribution in [0.4, 0.5) is 0 Å². The molecule has 0 saturated carbocycles. The molecule has 0 fully saturated rings. The first-order valence-corrected chi connectivity index (χ1v) is 6.38. The van der Waals surface area contributed by atoms with E-state index in [9.17, 15) is 9.59 Å². The van der Waals surface area contributed by atoms with Gasteiger partial charge in [-0.1, -0.05) is 18.2 Å². The Hall–Kier alpha value is -2.34. The lowest BCUT2D eigenvalue weighted by molar-refractivity contribution is -0.139. The Labute approximate surface area is 116 Å². The summed E-state index contributed by atoms with van der Waals surface area (Å²) in [5.41, 5.74) is 7.63. The van der Waals surface area contributed by atoms with Gasteiger partial charge >= 0.3 is 5.97 Å². The van der Waals surface area contributed by atoms with Crippen LogP contribution in [0.1, 0.15) is 12.0 Å². The average Bonchev–Trinajstić information content (AvgIpc) is 2.81. The van der Waals surface area contributed by atoms with E-state index in [2.05, 4.69) is 10.3 Å². The molecule has 1 aromatic heterocycles. The number of nitrogens with one attached hydrogen (secondary N) is 2. The predicted molar refractivity (Wildman–Crippen MR) is 75.2 cm³/mol. The van der Waals surface area contributed by atoms with Crippen molar-refractivity contribution >= 4 is 22.8 Å². The second-order valence-electron chi connectivity index (χ2n) is 4.60. The Kier molecular flexibility index (Phi) is 4.37. The van der Waals surface area contributed by atoms with Gasteiger partial charge in [-0.3, -0.25) is 9.59 Å². The second-order valence-corrected chi connectivity index (χ2v) is 4.60. The number of carboxylic acids is 1. The van der Waals surface area contributed by atoms with Crippen molar-refractivity contribution in [1.82, 2.24) is 10.3 Å². The summed E-state index contributed by atoms with van der Waals surface area (Å²) in [6, 6.07) is 6.91. The number of carbonyl (C=O) groups is 2. The van der Waals surface area contributed by atoms with Crippen LogP contribution < -0.4 is 11.1 Å². The summed E-state index contributed by atoms with van der Waals surface area (Å²) in [5.74, 6) is -1.52. The Morgan fingerprint density at radius 2 is 2.10 bits per heavy atom. The number of aliphatic carboxylic acids is 1. The van der Waals surface area contributed by atoms with Crippen molar-refractivity contribution in [2.45, 2.75) is 18.9 Å². The fourth-order valence-corrected chi connectivity index (χ4v) is 2.07. The molecule has 0 radical (unpaired) electrons. The molecule has 0 aliphatic carbocycles. The Morgan fingerprint density at radius 1 is 1.35 bits per heavy atom. The Morgan fingerprint density at radius 3 is 2.85 bits per heavy atom. The molecule has 0 aliphatic rings. The topological polar surface area (TPSA) is 108 Å². The molecule has 5 N–H and O–H groups in total. The normalized spacial score (nSPS) is 12.2. The molecule has 0 aliphatic heterocycles. The molecule has 6 heteroatoms. The van der Waals surface area contributed by atoms with Crippen molar-refractivity contribution in [3.05, 3.63) is 36.0 Å². The van der Waals surface area contributed by atoms with E-state index in [1.807, 2.05) is 30.5 Å². The van der Waals surface area contributed by atoms with Gasteiger partial charge in [0.05, 0.1) is 12.5 Å². The highest BCUT2D eigenvalue weighted by Gasteiger charge is 2.16. The van der Waals surface area contributed by atoms with Gasteiger partial charge in [0.1, 0.15) is 0 Å². The first kappa shape index (κ1) is 14.1. The number of carbonyl (C=O) groups excluding carboxylic acids is 1. The van der Waals surface area contributed by atoms with E-state index in [0.29, 0.717) is 13.0 Å². The minimum absolute atomic E-state index is 0.362. The van der Waals surface area contributed by atoms with Crippen molar-refractivity contribution in [3.63, 3.8) is 0 Å². The highest BCUT2D eigenvalue weighted by Crippen LogP contribution is 2.17. The van der Waals surface area contributed by atoms with Crippen LogP contribution in [0.25, 0.3) is 10.9 Å². The third kappa shape index (κ3) is 3.36. The van der Waals surface area contributed by atoms with Gasteiger partial charge in [-0.15, -0.1) is 0 Å². The van der Waals surface area contributed by atoms with Gasteiger partial charge in [0, 0.05) is 23.6 Å². The minimum atomic E-state index is -1.08. The second kappa shape index (κ2) is 6.21. The monoisotopic (exact) mass is 275 g/mol. The van der Waals surface area contributed by atoms with E-state index in [1.54, 1.807) is 0 Å². The highest BCUT2D eigenvalue weighted by atomic mass is 16.4. The number of H-pyrrole nitrogens is 1. The van der Waals surface area contributed by atoms with Gasteiger partial charge in [-0.2, -0.15) is 0 Å². The van der Waals surface area contributed by atoms with E-state index in [-0.39, 0.29) is 6.42 Å². The van der Waals surface area contributed by atoms with Crippen LogP contribution >= 0.6 is 0 Å². The van der Waals surface area contributed by atoms with Crippen LogP contribution in [0.5, 0.6) is 0 Å². The molecule has 2 rings (SSSR count). The molecule has 106 valence electrons. The zero-order valence-corrected chi connectivity index (χ0v) is 10.9. The fourth-order valence-electron chi connectivity index (χ4n) is 2.07. The lowest BCUT2D eigenvalue weighted by Gasteiger charge is -2.09. The van der Waals surface area contributed by atoms with Crippen molar-refractivity contribution in [2.24, 2.45) is 5.73 Å². The van der Waals surface area contributed by atoms with Crippen molar-refractivity contribution in [3.8, 4) is 0 Å². The molecule has 1 heterocycles. The summed E-state index contributed by atoms with van der Waals surface area (Å²) in [5, 5.41) is 12.3. The Bertz CT molecular complexity index is 621. The summed E-state index contributed by atoms with van der Waals surface area (Å²) < 4.78 is 0. The van der Waals surface area contributed by atoms with Crippen LogP contribution in [0, 0.1) is 0 Å². The molecule has 0 saturated heterocycles. The van der Waals surface area contributed by atoms with Crippen LogP contribution in [0.3, 0.4) is 0 Å². The number of nitrogens with two attached hydrogens (primary N) is 1. The summed E-state index contributed by atoms with van der Waals surface area (Å²) in [4.78, 5) is 25.2. The first-order valence-electron chi connectivity index (χ1n) is 6.38. The van der Waals surface area contributed by atoms with Crippen LogP contribution in [0.15, 0.2) is 30.5 Å². The average molecular weight is 275 g/mol. The van der Waals surface area contributed by atoms with Crippen LogP contribution in [-0.4, -0.2) is 34.6 Å². The van der Waals surface area contributed by atoms with Crippen molar-refractivity contribution in [2.75, 3.05) is 6.54 Å². The summed E-state index contributed by atoms with van der Waals surface area (Å²) in [6.07, 6.45) is 2.21. The lowest BCUT2D eigenvalue weighted by Crippen LogP contribution is -2.42. The third-order valence-corrected chi connectivity index (χ3v) is 3.10. The van der Waals surface area contributed by atoms with E-state index >= 15 is 0 Å². The highest BCUT2D eigenvalue weighted by molar-refractivity contribution is 5.86. The zero-order valence-electron chi connectivity index (χ0n) is 10.9. The standard InChI is InChI=1S/C14H17N3O3/c15-11(7-13(18)19)14(20)16-6-5-9-8-17-12-4-2-1-3-10(9)12/h1-4,8,11,17H,5-7,15H2,(H,16,20)(H,18,19)/t11-/m0/s1. The number of fused-ring (bicyclic) bond motifs is 1. The number of aromatic nitrogens is 1. The van der Waals surface area contributed by atoms with Gasteiger partial charge in [0.15, 0.2) is 0 Å². The lowest BCUT2D eigenvalue weighted by atomic mass is 10.1. The number of rotatable bonds is 6. The van der Waals surface area contributed by atoms with Gasteiger partial charge in [0.2, 0.25) is 5.91 Å². The van der Waals surface area contributed by atoms with Crippen molar-refractivity contribution < 1.29 is 14.7 Å². The maximum atomic E-state index is 11.6. The smallest absolute Gasteiger partial charge is 0.305 e. The number of aromatic amines is 1. The zero-order chi connectivity index (χ0) is 14.5. The van der Waals surface area contributed by atoms with Gasteiger partial charge in [-0.05, 0) is 18.1 Å². The maximum Gasteiger partial charge on any atom is 0.305 e. The molecule has 0 bridgehead atoms. The number of carboxylic acid groups (broad SMARTS) is 1. The number of para-hydroxylation sites is 1. The minimum Gasteiger partial charge on any atom is -0.481 e. The number of benzene rings is 1. The SMILES string of the molecule is N[C@@H](CC(=O)O)C(=O)NCCc1c[nH]c2ccccc12. The molecular weight excluding hydrogens is 258 g/mol. The molecule has 1 amide bonds. The number of hydrogen-bond donors (Lipinski definition) is 4. The third-order valence-electron chi connectivity index (χ3n) is 3.10. The molecule has 0 spiro atoms. The summed E-state index contributed by atoms with van der Waals surface area (Å²) >= 11 is 0. The predicted octanol–water partition coefficient (Wildman–Crippen LogP) is 0.629. The quantitative estimate of drug-likeness (QED) is 0.620. The van der Waals surface area contributed by atoms with Gasteiger partial charge < -0.3 is 21.1 Å². The molecule has 1 atom stereocenters. The van der Waals surface area contributed by atoms with Gasteiger partial charge in [-0.25, -0.2) is 0 Å². The molecule has 2 aromatic rings. The number of hydrogen-bond acceptors (Lipinski definition) is 3. The largest absolute Gasteiger partial charge is 0.481 e. The van der Waals surface area contributed by atoms with Crippen LogP contribution in [0.2, 0.25) is 0 Å². The molecule has 1 aromatic carbocycles. The van der Waals surface area contributed by atoms with E-state index in [4.69, 9.17) is 10.8 Å². The van der Waals surface area contributed by atoms with Crippen LogP contribution in [-0.2, 0) is 16.0 Å². The molecular formula is C14H17N3O3. The van der Waals surface area contributed by atoms with E-state index in [0.717, 1.165) is 16.5 Å². The van der Waals surface area contributed by atoms with Crippen molar-refractivity contribution in [1.29, 1.82) is 0 Å². The van der Waals surface area contributed by atoms with E-state index in [1.165, 1.54) is 0 Å². The molecule has 0 unspecified atom stereocenters. The maximum absolute atomic E-state index is 11.6. The van der Waals surface area contributed by atoms with Gasteiger partial charge in [0.25, 0.3) is 0 Å². The van der Waals surface area contributed by atoms with E-state index < -0.39 is 17.9 Å². The number of amides is 1. The first-order chi connectivity index (χ1) is 9.58. The Balaban J connectivity index is 1.87. The summed E-state index contributed by atoms with van der Waals surface area (Å²) in [7, 11) is 0.